The fourth-order valence-corrected chi connectivity index (χ4v) is 1.51. The zero-order valence-corrected chi connectivity index (χ0v) is 15.5. The first kappa shape index (κ1) is 21.8. The van der Waals surface area contributed by atoms with Crippen LogP contribution in [0.15, 0.2) is 0 Å². The zero-order valence-electron chi connectivity index (χ0n) is 10.3. The van der Waals surface area contributed by atoms with E-state index in [9.17, 15) is 19.8 Å². The van der Waals surface area contributed by atoms with Crippen molar-refractivity contribution in [3.63, 3.8) is 0 Å². The van der Waals surface area contributed by atoms with Crippen LogP contribution < -0.4 is 91.2 Å². The first-order valence-corrected chi connectivity index (χ1v) is 4.13. The molecule has 76 valence electrons. The van der Waals surface area contributed by atoms with Gasteiger partial charge < -0.3 is 19.8 Å². The molecule has 0 aliphatic rings. The Kier molecular flexibility index (Phi) is 11.4. The molecular weight excluding hydrogens is 234 g/mol. The molecule has 4 nitrogen and oxygen atoms in total. The molecule has 0 aromatic carbocycles. The molecule has 0 heterocycles. The van der Waals surface area contributed by atoms with Gasteiger partial charge in [0.15, 0.2) is 0 Å². The molecule has 0 rings (SSSR count). The number of aliphatic carboxylic acids is 2. The quantitative estimate of drug-likeness (QED) is 0.367. The average molecular weight is 248 g/mol. The molecule has 0 spiro atoms. The van der Waals surface area contributed by atoms with Crippen molar-refractivity contribution in [1.29, 1.82) is 0 Å². The van der Waals surface area contributed by atoms with Crippen LogP contribution in [-0.2, 0) is 9.59 Å². The van der Waals surface area contributed by atoms with Crippen LogP contribution in [0.1, 0.15) is 34.1 Å². The minimum absolute atomic E-state index is 0. The Morgan fingerprint density at radius 1 is 1.07 bits per heavy atom. The van der Waals surface area contributed by atoms with Gasteiger partial charge in [-0.25, -0.2) is 0 Å². The first-order chi connectivity index (χ1) is 5.70. The average Bonchev–Trinajstić information content (AvgIpc) is 1.83. The first-order valence-electron chi connectivity index (χ1n) is 4.13. The maximum absolute atomic E-state index is 10.8. The van der Waals surface area contributed by atoms with Crippen molar-refractivity contribution in [1.82, 2.24) is 0 Å². The molecule has 0 N–H and O–H groups in total. The van der Waals surface area contributed by atoms with E-state index < -0.39 is 22.8 Å². The fourth-order valence-electron chi connectivity index (χ4n) is 1.51. The normalized spacial score (nSPS) is 10.9. The van der Waals surface area contributed by atoms with E-state index in [-0.39, 0.29) is 87.4 Å². The SMILES string of the molecule is CCC(C(=O)[O-])(C(=O)[O-])C(C)(C)C.[K+].[Na+]. The zero-order chi connectivity index (χ0) is 10.9. The minimum atomic E-state index is -1.91. The molecule has 15 heavy (non-hydrogen) atoms. The van der Waals surface area contributed by atoms with Crippen molar-refractivity contribution in [2.45, 2.75) is 34.1 Å². The van der Waals surface area contributed by atoms with Gasteiger partial charge in [-0.1, -0.05) is 27.7 Å². The van der Waals surface area contributed by atoms with Gasteiger partial charge in [0.2, 0.25) is 0 Å². The third kappa shape index (κ3) is 4.39. The summed E-state index contributed by atoms with van der Waals surface area (Å²) in [5, 5.41) is 21.6. The number of carbonyl (C=O) groups excluding carboxylic acids is 2. The summed E-state index contributed by atoms with van der Waals surface area (Å²) in [5.41, 5.74) is -2.83. The summed E-state index contributed by atoms with van der Waals surface area (Å²) in [4.78, 5) is 21.6. The van der Waals surface area contributed by atoms with E-state index in [0.29, 0.717) is 0 Å². The molecule has 0 aliphatic heterocycles. The van der Waals surface area contributed by atoms with E-state index in [2.05, 4.69) is 0 Å². The summed E-state index contributed by atoms with van der Waals surface area (Å²) in [6.45, 7) is 6.13. The Balaban J connectivity index is -0.000000720. The predicted octanol–water partition coefficient (Wildman–Crippen LogP) is -7.06. The fraction of sp³-hybridized carbons (Fsp3) is 0.778. The number of hydrogen-bond donors (Lipinski definition) is 0. The molecule has 0 fully saturated rings. The third-order valence-electron chi connectivity index (χ3n) is 2.51. The molecule has 0 radical (unpaired) electrons. The van der Waals surface area contributed by atoms with Crippen LogP contribution in [0.25, 0.3) is 0 Å². The molecule has 6 heteroatoms. The molecule has 0 atom stereocenters. The van der Waals surface area contributed by atoms with Crippen LogP contribution >= 0.6 is 0 Å². The van der Waals surface area contributed by atoms with E-state index in [1.54, 1.807) is 20.8 Å². The predicted molar refractivity (Wildman–Crippen MR) is 42.2 cm³/mol. The number of carbonyl (C=O) groups is 2. The van der Waals surface area contributed by atoms with Crippen LogP contribution in [0.2, 0.25) is 0 Å². The number of carboxylic acids is 2. The second-order valence-corrected chi connectivity index (χ2v) is 4.08. The van der Waals surface area contributed by atoms with Crippen LogP contribution in [0, 0.1) is 10.8 Å². The van der Waals surface area contributed by atoms with Crippen molar-refractivity contribution in [2.75, 3.05) is 0 Å². The van der Waals surface area contributed by atoms with Crippen molar-refractivity contribution < 1.29 is 101 Å². The number of hydrogen-bond acceptors (Lipinski definition) is 4. The molecule has 0 aliphatic carbocycles. The summed E-state index contributed by atoms with van der Waals surface area (Å²) in [5.74, 6) is -3.16. The Morgan fingerprint density at radius 2 is 1.33 bits per heavy atom. The van der Waals surface area contributed by atoms with Crippen molar-refractivity contribution in [3.8, 4) is 0 Å². The van der Waals surface area contributed by atoms with Crippen molar-refractivity contribution >= 4 is 11.9 Å². The molecule has 0 aromatic heterocycles. The maximum Gasteiger partial charge on any atom is 1.00 e. The molecule has 0 saturated carbocycles. The van der Waals surface area contributed by atoms with E-state index in [0.717, 1.165) is 0 Å². The molecule has 0 unspecified atom stereocenters. The Hall–Kier alpha value is 1.58. The van der Waals surface area contributed by atoms with Gasteiger partial charge in [0.1, 0.15) is 0 Å². The van der Waals surface area contributed by atoms with Gasteiger partial charge in [-0.3, -0.25) is 0 Å². The second-order valence-electron chi connectivity index (χ2n) is 4.08. The Labute approximate surface area is 155 Å². The van der Waals surface area contributed by atoms with Gasteiger partial charge >= 0.3 is 80.9 Å². The molecule has 0 bridgehead atoms. The van der Waals surface area contributed by atoms with E-state index in [1.807, 2.05) is 0 Å². The van der Waals surface area contributed by atoms with Gasteiger partial charge in [-0.05, 0) is 11.8 Å². The second kappa shape index (κ2) is 7.82. The third-order valence-corrected chi connectivity index (χ3v) is 2.51. The Morgan fingerprint density at radius 3 is 1.33 bits per heavy atom. The maximum atomic E-state index is 10.8. The monoisotopic (exact) mass is 248 g/mol. The molecular formula is C9H14KNaO4. The standard InChI is InChI=1S/C9H16O4.K.Na/c1-5-9(6(10)11,7(12)13)8(2,3)4;;/h5H2,1-4H3,(H,10,11)(H,12,13);;/q;2*+1/p-2. The summed E-state index contributed by atoms with van der Waals surface area (Å²) >= 11 is 0. The summed E-state index contributed by atoms with van der Waals surface area (Å²) < 4.78 is 0. The molecule has 0 aromatic rings. The van der Waals surface area contributed by atoms with E-state index >= 15 is 0 Å². The van der Waals surface area contributed by atoms with Crippen LogP contribution in [0.5, 0.6) is 0 Å². The number of carboxylic acid groups (broad SMARTS) is 2. The van der Waals surface area contributed by atoms with Crippen molar-refractivity contribution in [3.05, 3.63) is 0 Å². The van der Waals surface area contributed by atoms with E-state index in [1.165, 1.54) is 6.92 Å². The molecule has 0 amide bonds. The van der Waals surface area contributed by atoms with Gasteiger partial charge in [0, 0.05) is 0 Å². The van der Waals surface area contributed by atoms with Crippen LogP contribution in [0.3, 0.4) is 0 Å². The Bertz CT molecular complexity index is 221. The topological polar surface area (TPSA) is 80.3 Å². The minimum Gasteiger partial charge on any atom is -0.549 e. The molecule has 0 saturated heterocycles. The van der Waals surface area contributed by atoms with Gasteiger partial charge in [0.25, 0.3) is 0 Å². The van der Waals surface area contributed by atoms with Gasteiger partial charge in [-0.15, -0.1) is 0 Å². The van der Waals surface area contributed by atoms with Crippen molar-refractivity contribution in [2.24, 2.45) is 10.8 Å². The van der Waals surface area contributed by atoms with Gasteiger partial charge in [0.05, 0.1) is 17.4 Å². The summed E-state index contributed by atoms with van der Waals surface area (Å²) in [6.07, 6.45) is -0.0405. The van der Waals surface area contributed by atoms with Crippen LogP contribution in [0.4, 0.5) is 0 Å². The smallest absolute Gasteiger partial charge is 0.549 e. The summed E-state index contributed by atoms with van der Waals surface area (Å²) in [6, 6.07) is 0. The number of rotatable bonds is 3. The summed E-state index contributed by atoms with van der Waals surface area (Å²) in [7, 11) is 0. The van der Waals surface area contributed by atoms with Gasteiger partial charge in [-0.2, -0.15) is 0 Å². The van der Waals surface area contributed by atoms with E-state index in [4.69, 9.17) is 0 Å². The van der Waals surface area contributed by atoms with Crippen LogP contribution in [-0.4, -0.2) is 11.9 Å². The largest absolute Gasteiger partial charge is 1.00 e.